The van der Waals surface area contributed by atoms with Gasteiger partial charge in [0.25, 0.3) is 5.91 Å². The number of pyridine rings is 1. The fraction of sp³-hybridized carbons (Fsp3) is 0.100. The maximum Gasteiger partial charge on any atom is 0.341 e. The highest BCUT2D eigenvalue weighted by Crippen LogP contribution is 2.27. The van der Waals surface area contributed by atoms with Gasteiger partial charge in [-0.05, 0) is 24.3 Å². The third-order valence-electron chi connectivity index (χ3n) is 4.16. The molecule has 0 saturated carbocycles. The van der Waals surface area contributed by atoms with E-state index in [-0.39, 0.29) is 16.8 Å². The average molecular weight is 395 g/mol. The van der Waals surface area contributed by atoms with Crippen LogP contribution >= 0.6 is 0 Å². The first-order chi connectivity index (χ1) is 13.9. The smallest absolute Gasteiger partial charge is 0.341 e. The number of carbonyl (C=O) groups excluding carboxylic acids is 3. The van der Waals surface area contributed by atoms with Gasteiger partial charge in [0.15, 0.2) is 5.75 Å². The zero-order valence-electron chi connectivity index (χ0n) is 15.3. The molecule has 9 nitrogen and oxygen atoms in total. The van der Waals surface area contributed by atoms with E-state index in [1.165, 1.54) is 24.4 Å². The number of phenolic OH excluding ortho intramolecular Hbond substituents is 1. The van der Waals surface area contributed by atoms with Gasteiger partial charge in [0, 0.05) is 17.1 Å². The van der Waals surface area contributed by atoms with E-state index in [0.717, 1.165) is 7.11 Å². The van der Waals surface area contributed by atoms with Gasteiger partial charge in [-0.15, -0.1) is 0 Å². The lowest BCUT2D eigenvalue weighted by Gasteiger charge is -2.10. The van der Waals surface area contributed by atoms with Crippen LogP contribution in [-0.2, 0) is 9.53 Å². The van der Waals surface area contributed by atoms with E-state index in [1.807, 2.05) is 0 Å². The summed E-state index contributed by atoms with van der Waals surface area (Å²) in [5, 5.41) is 15.2. The van der Waals surface area contributed by atoms with Crippen LogP contribution in [0, 0.1) is 0 Å². The Bertz CT molecular complexity index is 1170. The molecule has 0 aliphatic heterocycles. The van der Waals surface area contributed by atoms with E-state index in [2.05, 4.69) is 20.4 Å². The molecule has 148 valence electrons. The summed E-state index contributed by atoms with van der Waals surface area (Å²) in [7, 11) is 1.16. The third kappa shape index (κ3) is 4.08. The molecule has 9 heteroatoms. The predicted octanol–water partition coefficient (Wildman–Crippen LogP) is 1.39. The quantitative estimate of drug-likeness (QED) is 0.380. The normalized spacial score (nSPS) is 10.4. The lowest BCUT2D eigenvalue weighted by molar-refractivity contribution is -0.115. The Morgan fingerprint density at radius 2 is 1.83 bits per heavy atom. The van der Waals surface area contributed by atoms with Crippen molar-refractivity contribution in [1.82, 2.24) is 10.3 Å². The van der Waals surface area contributed by atoms with Gasteiger partial charge in [-0.1, -0.05) is 18.2 Å². The summed E-state index contributed by atoms with van der Waals surface area (Å²) < 4.78 is 4.55. The molecule has 2 amide bonds. The van der Waals surface area contributed by atoms with Crippen LogP contribution < -0.4 is 16.1 Å². The molecule has 29 heavy (non-hydrogen) atoms. The van der Waals surface area contributed by atoms with Gasteiger partial charge < -0.3 is 25.5 Å². The number of benzene rings is 2. The van der Waals surface area contributed by atoms with E-state index in [0.29, 0.717) is 10.9 Å². The lowest BCUT2D eigenvalue weighted by Crippen LogP contribution is -2.35. The molecule has 1 heterocycles. The standard InChI is InChI=1S/C20H17N3O6/c1-29-20(28)12-6-4-8-15(18(12)26)23-16(24)10-22-19(27)13-9-21-14-7-3-2-5-11(14)17(13)25/h2-9,26H,10H2,1H3,(H,21,25)(H,22,27)(H,23,24). The maximum atomic E-state index is 12.4. The number of para-hydroxylation sites is 2. The second-order valence-corrected chi connectivity index (χ2v) is 6.00. The van der Waals surface area contributed by atoms with Crippen molar-refractivity contribution in [3.05, 3.63) is 70.0 Å². The number of nitrogens with one attached hydrogen (secondary N) is 3. The van der Waals surface area contributed by atoms with Gasteiger partial charge in [-0.25, -0.2) is 4.79 Å². The first kappa shape index (κ1) is 19.6. The number of carbonyl (C=O) groups is 3. The van der Waals surface area contributed by atoms with E-state index in [9.17, 15) is 24.3 Å². The third-order valence-corrected chi connectivity index (χ3v) is 4.16. The lowest BCUT2D eigenvalue weighted by atomic mass is 10.1. The molecule has 0 spiro atoms. The minimum atomic E-state index is -0.762. The number of hydrogen-bond acceptors (Lipinski definition) is 6. The number of rotatable bonds is 5. The SMILES string of the molecule is COC(=O)c1cccc(NC(=O)CNC(=O)c2c[nH]c3ccccc3c2=O)c1O. The molecule has 0 atom stereocenters. The van der Waals surface area contributed by atoms with Crippen LogP contribution in [0.2, 0.25) is 0 Å². The molecule has 3 rings (SSSR count). The van der Waals surface area contributed by atoms with Gasteiger partial charge in [-0.3, -0.25) is 14.4 Å². The average Bonchev–Trinajstić information content (AvgIpc) is 2.73. The Labute approximate surface area is 164 Å². The van der Waals surface area contributed by atoms with E-state index in [1.54, 1.807) is 24.3 Å². The number of methoxy groups -OCH3 is 1. The van der Waals surface area contributed by atoms with Crippen LogP contribution in [0.3, 0.4) is 0 Å². The highest BCUT2D eigenvalue weighted by Gasteiger charge is 2.17. The molecule has 0 saturated heterocycles. The van der Waals surface area contributed by atoms with Crippen molar-refractivity contribution in [3.63, 3.8) is 0 Å². The summed E-state index contributed by atoms with van der Waals surface area (Å²) in [5.41, 5.74) is -0.131. The summed E-state index contributed by atoms with van der Waals surface area (Å²) in [5.74, 6) is -2.60. The summed E-state index contributed by atoms with van der Waals surface area (Å²) in [6.45, 7) is -0.451. The van der Waals surface area contributed by atoms with Gasteiger partial charge >= 0.3 is 5.97 Å². The van der Waals surface area contributed by atoms with Crippen LogP contribution in [0.25, 0.3) is 10.9 Å². The second kappa shape index (κ2) is 8.26. The molecule has 0 bridgehead atoms. The van der Waals surface area contributed by atoms with Crippen LogP contribution in [-0.4, -0.2) is 41.5 Å². The van der Waals surface area contributed by atoms with Crippen molar-refractivity contribution < 1.29 is 24.2 Å². The zero-order chi connectivity index (χ0) is 21.0. The Morgan fingerprint density at radius 1 is 1.07 bits per heavy atom. The highest BCUT2D eigenvalue weighted by atomic mass is 16.5. The molecular formula is C20H17N3O6. The summed E-state index contributed by atoms with van der Waals surface area (Å²) in [6, 6.07) is 10.9. The summed E-state index contributed by atoms with van der Waals surface area (Å²) >= 11 is 0. The van der Waals surface area contributed by atoms with E-state index < -0.39 is 35.5 Å². The number of aromatic nitrogens is 1. The molecule has 4 N–H and O–H groups in total. The number of hydrogen-bond donors (Lipinski definition) is 4. The number of aromatic hydroxyl groups is 1. The van der Waals surface area contributed by atoms with Gasteiger partial charge in [0.1, 0.15) is 11.1 Å². The van der Waals surface area contributed by atoms with Crippen LogP contribution in [0.15, 0.2) is 53.5 Å². The van der Waals surface area contributed by atoms with Crippen molar-refractivity contribution in [3.8, 4) is 5.75 Å². The van der Waals surface area contributed by atoms with Crippen LogP contribution in [0.5, 0.6) is 5.75 Å². The fourth-order valence-electron chi connectivity index (χ4n) is 2.71. The molecule has 0 radical (unpaired) electrons. The van der Waals surface area contributed by atoms with Crippen molar-refractivity contribution in [2.24, 2.45) is 0 Å². The number of esters is 1. The first-order valence-corrected chi connectivity index (χ1v) is 8.51. The van der Waals surface area contributed by atoms with Crippen molar-refractivity contribution >= 4 is 34.4 Å². The summed E-state index contributed by atoms with van der Waals surface area (Å²) in [6.07, 6.45) is 1.28. The molecule has 2 aromatic carbocycles. The molecule has 0 aliphatic rings. The molecule has 1 aromatic heterocycles. The monoisotopic (exact) mass is 395 g/mol. The molecule has 0 fully saturated rings. The maximum absolute atomic E-state index is 12.4. The first-order valence-electron chi connectivity index (χ1n) is 8.51. The van der Waals surface area contributed by atoms with Crippen LogP contribution in [0.1, 0.15) is 20.7 Å². The highest BCUT2D eigenvalue weighted by molar-refractivity contribution is 6.02. The van der Waals surface area contributed by atoms with E-state index in [4.69, 9.17) is 0 Å². The largest absolute Gasteiger partial charge is 0.505 e. The van der Waals surface area contributed by atoms with Crippen LogP contribution in [0.4, 0.5) is 5.69 Å². The minimum absolute atomic E-state index is 0.0179. The van der Waals surface area contributed by atoms with Gasteiger partial charge in [0.05, 0.1) is 19.3 Å². The fourth-order valence-corrected chi connectivity index (χ4v) is 2.71. The van der Waals surface area contributed by atoms with Crippen molar-refractivity contribution in [1.29, 1.82) is 0 Å². The number of fused-ring (bicyclic) bond motifs is 1. The Kier molecular flexibility index (Phi) is 5.59. The zero-order valence-corrected chi connectivity index (χ0v) is 15.3. The number of anilines is 1. The number of phenols is 1. The topological polar surface area (TPSA) is 138 Å². The number of H-pyrrole nitrogens is 1. The van der Waals surface area contributed by atoms with Crippen molar-refractivity contribution in [2.75, 3.05) is 19.0 Å². The van der Waals surface area contributed by atoms with Crippen molar-refractivity contribution in [2.45, 2.75) is 0 Å². The Morgan fingerprint density at radius 3 is 2.59 bits per heavy atom. The number of ether oxygens (including phenoxy) is 1. The van der Waals surface area contributed by atoms with E-state index >= 15 is 0 Å². The molecule has 0 aliphatic carbocycles. The predicted molar refractivity (Wildman–Crippen MR) is 105 cm³/mol. The molecule has 0 unspecified atom stereocenters. The van der Waals surface area contributed by atoms with Gasteiger partial charge in [0.2, 0.25) is 11.3 Å². The Hall–Kier alpha value is -4.14. The van der Waals surface area contributed by atoms with Gasteiger partial charge in [-0.2, -0.15) is 0 Å². The Balaban J connectivity index is 1.69. The molecular weight excluding hydrogens is 378 g/mol. The number of amides is 2. The minimum Gasteiger partial charge on any atom is -0.505 e. The summed E-state index contributed by atoms with van der Waals surface area (Å²) in [4.78, 5) is 51.3. The number of aromatic amines is 1. The second-order valence-electron chi connectivity index (χ2n) is 6.00. The molecule has 3 aromatic rings.